The van der Waals surface area contributed by atoms with Crippen LogP contribution in [0.3, 0.4) is 0 Å². The summed E-state index contributed by atoms with van der Waals surface area (Å²) in [5, 5.41) is 7.29. The minimum absolute atomic E-state index is 0.800. The van der Waals surface area contributed by atoms with Crippen molar-refractivity contribution >= 4 is 15.9 Å². The zero-order chi connectivity index (χ0) is 7.42. The summed E-state index contributed by atoms with van der Waals surface area (Å²) in [5.74, 6) is 1.61. The van der Waals surface area contributed by atoms with Crippen LogP contribution in [0.25, 0.3) is 0 Å². The summed E-state index contributed by atoms with van der Waals surface area (Å²) in [7, 11) is 0. The Morgan fingerprint density at radius 1 is 1.36 bits per heavy atom. The Balaban J connectivity index is 2.25. The number of nitrogens with one attached hydrogen (secondary N) is 1. The van der Waals surface area contributed by atoms with Gasteiger partial charge in [0.15, 0.2) is 0 Å². The van der Waals surface area contributed by atoms with Gasteiger partial charge in [0, 0.05) is 17.2 Å². The fourth-order valence-corrected chi connectivity index (χ4v) is 3.17. The summed E-state index contributed by atoms with van der Waals surface area (Å²) in [4.78, 5) is 0. The van der Waals surface area contributed by atoms with E-state index in [1.54, 1.807) is 0 Å². The molecule has 0 amide bonds. The van der Waals surface area contributed by atoms with Gasteiger partial charge in [0.25, 0.3) is 0 Å². The van der Waals surface area contributed by atoms with Gasteiger partial charge >= 0.3 is 0 Å². The predicted octanol–water partition coefficient (Wildman–Crippen LogP) is 2.54. The Hall–Kier alpha value is -0.310. The Morgan fingerprint density at radius 2 is 2.18 bits per heavy atom. The van der Waals surface area contributed by atoms with Crippen molar-refractivity contribution in [1.82, 2.24) is 10.2 Å². The predicted molar refractivity (Wildman–Crippen MR) is 45.6 cm³/mol. The average molecular weight is 213 g/mol. The molecule has 1 N–H and O–H groups in total. The van der Waals surface area contributed by atoms with Gasteiger partial charge in [0.05, 0.1) is 0 Å². The van der Waals surface area contributed by atoms with E-state index in [0.717, 1.165) is 16.4 Å². The van der Waals surface area contributed by atoms with E-state index in [0.29, 0.717) is 0 Å². The van der Waals surface area contributed by atoms with Crippen molar-refractivity contribution in [3.63, 3.8) is 0 Å². The van der Waals surface area contributed by atoms with Crippen molar-refractivity contribution in [1.29, 1.82) is 0 Å². The van der Waals surface area contributed by atoms with Crippen LogP contribution in [-0.2, 0) is 0 Å². The number of aromatic amines is 1. The fraction of sp³-hybridized carbons (Fsp3) is 0.625. The first-order valence-electron chi connectivity index (χ1n) is 4.10. The lowest BCUT2D eigenvalue weighted by molar-refractivity contribution is 0.700. The van der Waals surface area contributed by atoms with Crippen LogP contribution >= 0.6 is 15.9 Å². The Labute approximate surface area is 73.5 Å². The van der Waals surface area contributed by atoms with Gasteiger partial charge in [-0.15, -0.1) is 0 Å². The largest absolute Gasteiger partial charge is 0.281 e. The molecule has 0 aliphatic heterocycles. The summed E-state index contributed by atoms with van der Waals surface area (Å²) >= 11 is 3.48. The molecule has 3 heteroatoms. The van der Waals surface area contributed by atoms with Gasteiger partial charge in [-0.25, -0.2) is 0 Å². The average Bonchev–Trinajstić information content (AvgIpc) is 2.60. The molecule has 1 saturated carbocycles. The second-order valence-electron chi connectivity index (χ2n) is 3.55. The molecule has 1 heterocycles. The molecule has 2 aliphatic carbocycles. The van der Waals surface area contributed by atoms with Crippen molar-refractivity contribution in [2.24, 2.45) is 0 Å². The number of H-pyrrole nitrogens is 1. The third kappa shape index (κ3) is 0.650. The molecular weight excluding hydrogens is 204 g/mol. The van der Waals surface area contributed by atoms with Crippen LogP contribution in [0, 0.1) is 0 Å². The quantitative estimate of drug-likeness (QED) is 0.704. The van der Waals surface area contributed by atoms with E-state index in [9.17, 15) is 0 Å². The fourth-order valence-electron chi connectivity index (χ4n) is 2.55. The highest BCUT2D eigenvalue weighted by Gasteiger charge is 2.40. The molecule has 0 aromatic carbocycles. The lowest BCUT2D eigenvalue weighted by Gasteiger charge is -2.08. The monoisotopic (exact) mass is 212 g/mol. The molecule has 3 rings (SSSR count). The minimum Gasteiger partial charge on any atom is -0.281 e. The van der Waals surface area contributed by atoms with Crippen molar-refractivity contribution < 1.29 is 0 Å². The topological polar surface area (TPSA) is 28.7 Å². The third-order valence-corrected chi connectivity index (χ3v) is 3.64. The van der Waals surface area contributed by atoms with Crippen LogP contribution < -0.4 is 0 Å². The number of nitrogens with zero attached hydrogens (tertiary/aromatic N) is 1. The van der Waals surface area contributed by atoms with Crippen molar-refractivity contribution in [3.8, 4) is 0 Å². The summed E-state index contributed by atoms with van der Waals surface area (Å²) in [6, 6.07) is 0. The zero-order valence-corrected chi connectivity index (χ0v) is 7.69. The molecule has 2 nitrogen and oxygen atoms in total. The Bertz CT molecular complexity index is 305. The summed E-state index contributed by atoms with van der Waals surface area (Å²) in [6.07, 6.45) is 4.10. The first-order chi connectivity index (χ1) is 5.36. The van der Waals surface area contributed by atoms with Gasteiger partial charge in [-0.1, -0.05) is 0 Å². The van der Waals surface area contributed by atoms with E-state index in [-0.39, 0.29) is 0 Å². The molecule has 2 bridgehead atoms. The lowest BCUT2D eigenvalue weighted by atomic mass is 9.99. The number of hydrogen-bond donors (Lipinski definition) is 1. The van der Waals surface area contributed by atoms with Crippen LogP contribution in [-0.4, -0.2) is 10.2 Å². The van der Waals surface area contributed by atoms with Crippen LogP contribution in [0.1, 0.15) is 42.4 Å². The maximum absolute atomic E-state index is 4.17. The highest BCUT2D eigenvalue weighted by molar-refractivity contribution is 9.10. The summed E-state index contributed by atoms with van der Waals surface area (Å²) in [5.41, 5.74) is 2.88. The van der Waals surface area contributed by atoms with Crippen molar-refractivity contribution in [2.45, 2.75) is 31.1 Å². The van der Waals surface area contributed by atoms with E-state index in [4.69, 9.17) is 0 Å². The van der Waals surface area contributed by atoms with Gasteiger partial charge in [0.1, 0.15) is 4.60 Å². The second-order valence-corrected chi connectivity index (χ2v) is 4.30. The van der Waals surface area contributed by atoms with Crippen LogP contribution in [0.2, 0.25) is 0 Å². The number of hydrogen-bond acceptors (Lipinski definition) is 1. The second kappa shape index (κ2) is 1.89. The van der Waals surface area contributed by atoms with Gasteiger partial charge in [0.2, 0.25) is 0 Å². The lowest BCUT2D eigenvalue weighted by Crippen LogP contribution is -1.94. The molecule has 0 spiro atoms. The molecular formula is C8H9BrN2. The van der Waals surface area contributed by atoms with Gasteiger partial charge < -0.3 is 0 Å². The molecule has 2 unspecified atom stereocenters. The molecule has 58 valence electrons. The van der Waals surface area contributed by atoms with Crippen molar-refractivity contribution in [2.75, 3.05) is 0 Å². The SMILES string of the molecule is Brc1n[nH]c2c1C1CCC2C1. The van der Waals surface area contributed by atoms with Crippen LogP contribution in [0.15, 0.2) is 4.60 Å². The molecule has 1 aromatic rings. The number of fused-ring (bicyclic) bond motifs is 5. The van der Waals surface area contributed by atoms with E-state index in [1.165, 1.54) is 30.5 Å². The third-order valence-electron chi connectivity index (χ3n) is 3.04. The molecule has 2 atom stereocenters. The molecule has 1 aromatic heterocycles. The number of halogens is 1. The van der Waals surface area contributed by atoms with Crippen LogP contribution in [0.5, 0.6) is 0 Å². The standard InChI is InChI=1S/C8H9BrN2/c9-8-6-4-1-2-5(3-4)7(6)10-11-8/h4-5H,1-3H2,(H,10,11). The normalized spacial score (nSPS) is 32.8. The Kier molecular flexibility index (Phi) is 1.07. The van der Waals surface area contributed by atoms with Gasteiger partial charge in [-0.3, -0.25) is 5.10 Å². The van der Waals surface area contributed by atoms with E-state index in [1.807, 2.05) is 0 Å². The van der Waals surface area contributed by atoms with Gasteiger partial charge in [-0.2, -0.15) is 5.10 Å². The maximum atomic E-state index is 4.17. The highest BCUT2D eigenvalue weighted by Crippen LogP contribution is 2.53. The molecule has 0 radical (unpaired) electrons. The minimum atomic E-state index is 0.800. The molecule has 2 aliphatic rings. The maximum Gasteiger partial charge on any atom is 0.131 e. The molecule has 1 fully saturated rings. The highest BCUT2D eigenvalue weighted by atomic mass is 79.9. The Morgan fingerprint density at radius 3 is 3.00 bits per heavy atom. The van der Waals surface area contributed by atoms with E-state index in [2.05, 4.69) is 26.1 Å². The molecule has 11 heavy (non-hydrogen) atoms. The smallest absolute Gasteiger partial charge is 0.131 e. The van der Waals surface area contributed by atoms with E-state index >= 15 is 0 Å². The number of rotatable bonds is 0. The zero-order valence-electron chi connectivity index (χ0n) is 6.10. The first kappa shape index (κ1) is 6.23. The summed E-state index contributed by atoms with van der Waals surface area (Å²) < 4.78 is 1.06. The van der Waals surface area contributed by atoms with Crippen LogP contribution in [0.4, 0.5) is 0 Å². The molecule has 0 saturated heterocycles. The van der Waals surface area contributed by atoms with Gasteiger partial charge in [-0.05, 0) is 41.1 Å². The van der Waals surface area contributed by atoms with Crippen molar-refractivity contribution in [3.05, 3.63) is 15.9 Å². The van der Waals surface area contributed by atoms with E-state index < -0.39 is 0 Å². The number of aromatic nitrogens is 2. The summed E-state index contributed by atoms with van der Waals surface area (Å²) in [6.45, 7) is 0. The first-order valence-corrected chi connectivity index (χ1v) is 4.89.